The second-order valence-corrected chi connectivity index (χ2v) is 11.3. The molecule has 8 heteroatoms. The lowest BCUT2D eigenvalue weighted by Crippen LogP contribution is -2.39. The van der Waals surface area contributed by atoms with Gasteiger partial charge in [0, 0.05) is 43.6 Å². The molecule has 2 N–H and O–H groups in total. The summed E-state index contributed by atoms with van der Waals surface area (Å²) in [5.74, 6) is 1.16. The number of nitrogen functional groups attached to an aromatic ring is 1. The first-order valence-electron chi connectivity index (χ1n) is 14.2. The van der Waals surface area contributed by atoms with Gasteiger partial charge in [0.2, 0.25) is 0 Å². The summed E-state index contributed by atoms with van der Waals surface area (Å²) in [5.41, 5.74) is 13.3. The van der Waals surface area contributed by atoms with Gasteiger partial charge in [0.15, 0.2) is 17.7 Å². The number of aromatic nitrogens is 4. The number of rotatable bonds is 5. The minimum Gasteiger partial charge on any atom is -0.383 e. The average molecular weight is 541 g/mol. The number of imidazole rings is 1. The highest BCUT2D eigenvalue weighted by Crippen LogP contribution is 2.41. The summed E-state index contributed by atoms with van der Waals surface area (Å²) < 4.78 is 2.09. The molecule has 2 aliphatic rings. The van der Waals surface area contributed by atoms with Crippen LogP contribution in [0.15, 0.2) is 85.1 Å². The highest BCUT2D eigenvalue weighted by molar-refractivity contribution is 5.84. The van der Waals surface area contributed by atoms with E-state index in [1.54, 1.807) is 6.20 Å². The van der Waals surface area contributed by atoms with Crippen molar-refractivity contribution >= 4 is 17.0 Å². The number of nitrogens with zero attached hydrogens (tertiary/aromatic N) is 7. The van der Waals surface area contributed by atoms with Gasteiger partial charge in [0.25, 0.3) is 0 Å². The third-order valence-electron chi connectivity index (χ3n) is 8.74. The molecule has 2 aliphatic heterocycles. The Hall–Kier alpha value is -4.74. The van der Waals surface area contributed by atoms with E-state index in [2.05, 4.69) is 57.0 Å². The van der Waals surface area contributed by atoms with Crippen LogP contribution in [0.1, 0.15) is 24.8 Å². The molecule has 0 unspecified atom stereocenters. The summed E-state index contributed by atoms with van der Waals surface area (Å²) >= 11 is 0. The van der Waals surface area contributed by atoms with E-state index in [1.165, 1.54) is 12.0 Å². The maximum absolute atomic E-state index is 9.23. The Bertz CT molecular complexity index is 1730. The predicted octanol–water partition coefficient (Wildman–Crippen LogP) is 5.50. The lowest BCUT2D eigenvalue weighted by atomic mass is 9.78. The second-order valence-electron chi connectivity index (χ2n) is 11.3. The molecule has 7 rings (SSSR count). The molecule has 1 spiro atoms. The largest absolute Gasteiger partial charge is 0.383 e. The Morgan fingerprint density at radius 3 is 2.39 bits per heavy atom. The lowest BCUT2D eigenvalue weighted by Gasteiger charge is -2.37. The van der Waals surface area contributed by atoms with Gasteiger partial charge in [-0.15, -0.1) is 0 Å². The fourth-order valence-electron chi connectivity index (χ4n) is 6.42. The predicted molar refractivity (Wildman–Crippen MR) is 161 cm³/mol. The fraction of sp³-hybridized carbons (Fsp3) is 0.273. The van der Waals surface area contributed by atoms with E-state index in [4.69, 9.17) is 15.7 Å². The second kappa shape index (κ2) is 10.3. The van der Waals surface area contributed by atoms with Crippen molar-refractivity contribution in [1.82, 2.24) is 29.3 Å². The summed E-state index contributed by atoms with van der Waals surface area (Å²) in [5, 5.41) is 9.23. The number of nitrogens with two attached hydrogens (primary N) is 1. The van der Waals surface area contributed by atoms with Gasteiger partial charge in [-0.1, -0.05) is 42.5 Å². The minimum atomic E-state index is 0.365. The molecular weight excluding hydrogens is 508 g/mol. The van der Waals surface area contributed by atoms with Crippen LogP contribution in [0, 0.1) is 16.9 Å². The summed E-state index contributed by atoms with van der Waals surface area (Å²) in [6.45, 7) is 4.92. The van der Waals surface area contributed by atoms with Crippen LogP contribution in [0.2, 0.25) is 0 Å². The Labute approximate surface area is 239 Å². The van der Waals surface area contributed by atoms with Crippen LogP contribution in [0.4, 0.5) is 5.82 Å². The lowest BCUT2D eigenvalue weighted by molar-refractivity contribution is 0.141. The molecular formula is C33H32N8. The third kappa shape index (κ3) is 4.79. The van der Waals surface area contributed by atoms with Crippen LogP contribution in [-0.2, 0) is 6.54 Å². The van der Waals surface area contributed by atoms with Gasteiger partial charge in [0.05, 0.1) is 11.3 Å². The topological polar surface area (TPSA) is 99.9 Å². The van der Waals surface area contributed by atoms with Crippen molar-refractivity contribution in [2.75, 3.05) is 31.9 Å². The number of nitriles is 1. The van der Waals surface area contributed by atoms with E-state index in [9.17, 15) is 5.26 Å². The van der Waals surface area contributed by atoms with Gasteiger partial charge in [-0.25, -0.2) is 15.0 Å². The smallest absolute Gasteiger partial charge is 0.179 e. The fourth-order valence-corrected chi connectivity index (χ4v) is 6.42. The molecule has 0 aliphatic carbocycles. The van der Waals surface area contributed by atoms with Crippen LogP contribution in [0.25, 0.3) is 39.5 Å². The average Bonchev–Trinajstić information content (AvgIpc) is 3.59. The van der Waals surface area contributed by atoms with E-state index < -0.39 is 0 Å². The summed E-state index contributed by atoms with van der Waals surface area (Å²) in [6, 6.07) is 26.8. The Morgan fingerprint density at radius 1 is 0.854 bits per heavy atom. The number of hydrogen-bond acceptors (Lipinski definition) is 7. The zero-order valence-electron chi connectivity index (χ0n) is 22.9. The number of pyridine rings is 2. The van der Waals surface area contributed by atoms with Gasteiger partial charge in [0.1, 0.15) is 11.3 Å². The van der Waals surface area contributed by atoms with Crippen LogP contribution in [0.5, 0.6) is 0 Å². The first-order valence-corrected chi connectivity index (χ1v) is 14.2. The zero-order chi connectivity index (χ0) is 27.8. The molecule has 2 aromatic carbocycles. The number of hydrogen-bond donors (Lipinski definition) is 1. The zero-order valence-corrected chi connectivity index (χ0v) is 22.9. The van der Waals surface area contributed by atoms with E-state index >= 15 is 0 Å². The third-order valence-corrected chi connectivity index (χ3v) is 8.74. The van der Waals surface area contributed by atoms with Crippen molar-refractivity contribution in [3.63, 3.8) is 0 Å². The summed E-state index contributed by atoms with van der Waals surface area (Å²) in [4.78, 5) is 18.8. The van der Waals surface area contributed by atoms with Gasteiger partial charge < -0.3 is 10.6 Å². The van der Waals surface area contributed by atoms with Crippen LogP contribution in [0.3, 0.4) is 0 Å². The molecule has 5 aromatic rings. The number of anilines is 1. The van der Waals surface area contributed by atoms with Gasteiger partial charge in [-0.3, -0.25) is 9.47 Å². The van der Waals surface area contributed by atoms with Crippen LogP contribution in [-0.4, -0.2) is 55.5 Å². The van der Waals surface area contributed by atoms with Crippen molar-refractivity contribution < 1.29 is 0 Å². The summed E-state index contributed by atoms with van der Waals surface area (Å²) in [7, 11) is 0. The molecule has 0 bridgehead atoms. The quantitative estimate of drug-likeness (QED) is 0.294. The van der Waals surface area contributed by atoms with Crippen molar-refractivity contribution in [3.05, 3.63) is 90.6 Å². The Balaban J connectivity index is 1.21. The molecule has 5 heterocycles. The van der Waals surface area contributed by atoms with Gasteiger partial charge in [-0.05, 0) is 73.2 Å². The van der Waals surface area contributed by atoms with Crippen LogP contribution < -0.4 is 5.73 Å². The van der Waals surface area contributed by atoms with Crippen molar-refractivity contribution in [2.24, 2.45) is 5.41 Å². The van der Waals surface area contributed by atoms with Crippen molar-refractivity contribution in [3.8, 4) is 34.5 Å². The Morgan fingerprint density at radius 2 is 1.63 bits per heavy atom. The molecule has 0 saturated carbocycles. The molecule has 0 radical (unpaired) electrons. The normalized spacial score (nSPS) is 16.8. The highest BCUT2D eigenvalue weighted by atomic mass is 15.2. The van der Waals surface area contributed by atoms with Gasteiger partial charge in [-0.2, -0.15) is 5.26 Å². The summed E-state index contributed by atoms with van der Waals surface area (Å²) in [6.07, 6.45) is 7.46. The molecule has 2 saturated heterocycles. The van der Waals surface area contributed by atoms with E-state index in [0.29, 0.717) is 11.2 Å². The number of fused-ring (bicyclic) bond motifs is 1. The standard InChI is InChI=1S/C33H32N8/c34-23-39-18-14-33(15-19-39)16-20-40(22-33)21-24-8-10-26(11-9-24)41-31(27-7-4-17-36-30(27)35)38-29-13-12-28(37-32(29)41)25-5-2-1-3-6-25/h1-13,17H,14-16,18-22H2,(H2,35,36). The van der Waals surface area contributed by atoms with E-state index in [1.807, 2.05) is 47.4 Å². The monoisotopic (exact) mass is 540 g/mol. The van der Waals surface area contributed by atoms with E-state index in [-0.39, 0.29) is 0 Å². The minimum absolute atomic E-state index is 0.365. The molecule has 0 atom stereocenters. The van der Waals surface area contributed by atoms with Crippen LogP contribution >= 0.6 is 0 Å². The SMILES string of the molecule is N#CN1CCC2(CC1)CCN(Cc1ccc(-n3c(-c4cccnc4N)nc4ccc(-c5ccccc5)nc43)cc1)C2. The first kappa shape index (κ1) is 25.2. The molecule has 3 aromatic heterocycles. The van der Waals surface area contributed by atoms with E-state index in [0.717, 1.165) is 85.1 Å². The highest BCUT2D eigenvalue weighted by Gasteiger charge is 2.40. The maximum atomic E-state index is 9.23. The molecule has 204 valence electrons. The first-order chi connectivity index (χ1) is 20.1. The van der Waals surface area contributed by atoms with Gasteiger partial charge >= 0.3 is 0 Å². The van der Waals surface area contributed by atoms with Crippen molar-refractivity contribution in [2.45, 2.75) is 25.8 Å². The number of piperidine rings is 1. The molecule has 2 fully saturated rings. The molecule has 41 heavy (non-hydrogen) atoms. The van der Waals surface area contributed by atoms with Crippen molar-refractivity contribution in [1.29, 1.82) is 5.26 Å². The number of likely N-dealkylation sites (tertiary alicyclic amines) is 2. The molecule has 0 amide bonds. The Kier molecular flexibility index (Phi) is 6.37. The molecule has 8 nitrogen and oxygen atoms in total. The number of benzene rings is 2. The maximum Gasteiger partial charge on any atom is 0.179 e.